The topological polar surface area (TPSA) is 29.5 Å². The van der Waals surface area contributed by atoms with Crippen LogP contribution in [0, 0.1) is 0 Å². The van der Waals surface area contributed by atoms with Gasteiger partial charge in [0.2, 0.25) is 0 Å². The molecule has 0 atom stereocenters. The fraction of sp³-hybridized carbons (Fsp3) is 0.800. The van der Waals surface area contributed by atoms with Crippen LogP contribution in [0.4, 0.5) is 0 Å². The smallest absolute Gasteiger partial charge is 0.0822 e. The van der Waals surface area contributed by atoms with Crippen molar-refractivity contribution in [3.8, 4) is 0 Å². The van der Waals surface area contributed by atoms with Gasteiger partial charge < -0.3 is 9.84 Å². The molecule has 0 heterocycles. The Kier molecular flexibility index (Phi) is 6.03. The molecule has 0 aliphatic carbocycles. The standard InChI is InChI=1S/C10H20O2/c1-4-10(11,5-2)8-6-7-9-12-3/h6,8,11H,4-5,7,9H2,1-3H3. The molecule has 0 rings (SSSR count). The van der Waals surface area contributed by atoms with Gasteiger partial charge in [0.05, 0.1) is 5.60 Å². The molecule has 12 heavy (non-hydrogen) atoms. The van der Waals surface area contributed by atoms with E-state index in [1.807, 2.05) is 26.0 Å². The number of rotatable bonds is 6. The summed E-state index contributed by atoms with van der Waals surface area (Å²) < 4.78 is 4.89. The fourth-order valence-corrected chi connectivity index (χ4v) is 0.974. The van der Waals surface area contributed by atoms with Gasteiger partial charge in [0.25, 0.3) is 0 Å². The first-order valence-corrected chi connectivity index (χ1v) is 4.57. The highest BCUT2D eigenvalue weighted by atomic mass is 16.5. The second-order valence-electron chi connectivity index (χ2n) is 2.99. The van der Waals surface area contributed by atoms with Crippen molar-refractivity contribution in [2.24, 2.45) is 0 Å². The molecule has 0 spiro atoms. The molecule has 0 aliphatic rings. The van der Waals surface area contributed by atoms with E-state index in [9.17, 15) is 5.11 Å². The summed E-state index contributed by atoms with van der Waals surface area (Å²) in [7, 11) is 1.68. The Morgan fingerprint density at radius 3 is 2.33 bits per heavy atom. The molecule has 72 valence electrons. The van der Waals surface area contributed by atoms with Gasteiger partial charge in [-0.25, -0.2) is 0 Å². The lowest BCUT2D eigenvalue weighted by molar-refractivity contribution is 0.0823. The van der Waals surface area contributed by atoms with Crippen molar-refractivity contribution >= 4 is 0 Å². The minimum absolute atomic E-state index is 0.603. The Balaban J connectivity index is 3.76. The molecule has 0 aromatic heterocycles. The van der Waals surface area contributed by atoms with Crippen molar-refractivity contribution in [3.05, 3.63) is 12.2 Å². The van der Waals surface area contributed by atoms with Gasteiger partial charge in [-0.15, -0.1) is 0 Å². The highest BCUT2D eigenvalue weighted by Crippen LogP contribution is 2.16. The minimum Gasteiger partial charge on any atom is -0.386 e. The highest BCUT2D eigenvalue weighted by Gasteiger charge is 2.16. The zero-order chi connectivity index (χ0) is 9.45. The summed E-state index contributed by atoms with van der Waals surface area (Å²) in [5.41, 5.74) is -0.603. The lowest BCUT2D eigenvalue weighted by atomic mass is 9.97. The first-order valence-electron chi connectivity index (χ1n) is 4.57. The maximum atomic E-state index is 9.80. The van der Waals surface area contributed by atoms with Gasteiger partial charge >= 0.3 is 0 Å². The Labute approximate surface area is 75.2 Å². The molecule has 0 aliphatic heterocycles. The first kappa shape index (κ1) is 11.7. The number of aliphatic hydroxyl groups is 1. The Morgan fingerprint density at radius 2 is 1.92 bits per heavy atom. The summed E-state index contributed by atoms with van der Waals surface area (Å²) in [6.45, 7) is 4.70. The fourth-order valence-electron chi connectivity index (χ4n) is 0.974. The summed E-state index contributed by atoms with van der Waals surface area (Å²) in [5.74, 6) is 0. The first-order chi connectivity index (χ1) is 5.68. The molecule has 0 amide bonds. The molecule has 0 radical (unpaired) electrons. The second kappa shape index (κ2) is 6.21. The van der Waals surface area contributed by atoms with Crippen LogP contribution in [0.5, 0.6) is 0 Å². The van der Waals surface area contributed by atoms with Crippen LogP contribution >= 0.6 is 0 Å². The maximum absolute atomic E-state index is 9.80. The molecule has 0 saturated heterocycles. The number of methoxy groups -OCH3 is 1. The van der Waals surface area contributed by atoms with Crippen LogP contribution in [0.3, 0.4) is 0 Å². The zero-order valence-corrected chi connectivity index (χ0v) is 8.34. The number of ether oxygens (including phenoxy) is 1. The molecule has 2 heteroatoms. The summed E-state index contributed by atoms with van der Waals surface area (Å²) in [6.07, 6.45) is 6.28. The summed E-state index contributed by atoms with van der Waals surface area (Å²) in [6, 6.07) is 0. The van der Waals surface area contributed by atoms with Crippen molar-refractivity contribution in [2.45, 2.75) is 38.7 Å². The van der Waals surface area contributed by atoms with Crippen LogP contribution in [0.25, 0.3) is 0 Å². The van der Waals surface area contributed by atoms with Crippen LogP contribution in [0.1, 0.15) is 33.1 Å². The van der Waals surface area contributed by atoms with Crippen LogP contribution in [-0.2, 0) is 4.74 Å². The normalized spacial score (nSPS) is 12.7. The van der Waals surface area contributed by atoms with Gasteiger partial charge in [0.1, 0.15) is 0 Å². The van der Waals surface area contributed by atoms with E-state index in [1.165, 1.54) is 0 Å². The van der Waals surface area contributed by atoms with Gasteiger partial charge in [0, 0.05) is 13.7 Å². The third-order valence-corrected chi connectivity index (χ3v) is 2.14. The van der Waals surface area contributed by atoms with Crippen LogP contribution < -0.4 is 0 Å². The Bertz CT molecular complexity index is 126. The molecular weight excluding hydrogens is 152 g/mol. The zero-order valence-electron chi connectivity index (χ0n) is 8.34. The lowest BCUT2D eigenvalue weighted by Crippen LogP contribution is -2.22. The predicted molar refractivity (Wildman–Crippen MR) is 51.2 cm³/mol. The molecule has 2 nitrogen and oxygen atoms in total. The van der Waals surface area contributed by atoms with E-state index >= 15 is 0 Å². The van der Waals surface area contributed by atoms with Crippen molar-refractivity contribution in [1.82, 2.24) is 0 Å². The van der Waals surface area contributed by atoms with Crippen molar-refractivity contribution < 1.29 is 9.84 Å². The molecule has 0 unspecified atom stereocenters. The van der Waals surface area contributed by atoms with Crippen molar-refractivity contribution in [2.75, 3.05) is 13.7 Å². The average molecular weight is 172 g/mol. The van der Waals surface area contributed by atoms with Crippen LogP contribution in [0.2, 0.25) is 0 Å². The molecule has 0 saturated carbocycles. The van der Waals surface area contributed by atoms with E-state index in [2.05, 4.69) is 0 Å². The Morgan fingerprint density at radius 1 is 1.33 bits per heavy atom. The summed E-state index contributed by atoms with van der Waals surface area (Å²) in [5, 5.41) is 9.80. The maximum Gasteiger partial charge on any atom is 0.0822 e. The predicted octanol–water partition coefficient (Wildman–Crippen LogP) is 2.13. The number of hydrogen-bond acceptors (Lipinski definition) is 2. The van der Waals surface area contributed by atoms with Crippen molar-refractivity contribution in [1.29, 1.82) is 0 Å². The van der Waals surface area contributed by atoms with Gasteiger partial charge in [0.15, 0.2) is 0 Å². The highest BCUT2D eigenvalue weighted by molar-refractivity contribution is 4.99. The quantitative estimate of drug-likeness (QED) is 0.491. The third-order valence-electron chi connectivity index (χ3n) is 2.14. The van der Waals surface area contributed by atoms with E-state index in [0.717, 1.165) is 25.9 Å². The SMILES string of the molecule is CCC(O)(C=CCCOC)CC. The second-order valence-corrected chi connectivity index (χ2v) is 2.99. The lowest BCUT2D eigenvalue weighted by Gasteiger charge is -2.20. The van der Waals surface area contributed by atoms with E-state index in [4.69, 9.17) is 4.74 Å². The monoisotopic (exact) mass is 172 g/mol. The average Bonchev–Trinajstić information content (AvgIpc) is 2.12. The summed E-state index contributed by atoms with van der Waals surface area (Å²) >= 11 is 0. The van der Waals surface area contributed by atoms with E-state index in [0.29, 0.717) is 0 Å². The van der Waals surface area contributed by atoms with Gasteiger partial charge in [-0.1, -0.05) is 26.0 Å². The molecule has 0 bridgehead atoms. The van der Waals surface area contributed by atoms with Crippen LogP contribution in [-0.4, -0.2) is 24.4 Å². The van der Waals surface area contributed by atoms with E-state index in [1.54, 1.807) is 7.11 Å². The largest absolute Gasteiger partial charge is 0.386 e. The minimum atomic E-state index is -0.603. The van der Waals surface area contributed by atoms with Gasteiger partial charge in [-0.3, -0.25) is 0 Å². The molecular formula is C10H20O2. The van der Waals surface area contributed by atoms with Crippen molar-refractivity contribution in [3.63, 3.8) is 0 Å². The molecule has 0 fully saturated rings. The molecule has 0 aromatic carbocycles. The Hall–Kier alpha value is -0.340. The summed E-state index contributed by atoms with van der Waals surface area (Å²) in [4.78, 5) is 0. The van der Waals surface area contributed by atoms with Crippen LogP contribution in [0.15, 0.2) is 12.2 Å². The number of hydrogen-bond donors (Lipinski definition) is 1. The van der Waals surface area contributed by atoms with E-state index < -0.39 is 5.60 Å². The molecule has 1 N–H and O–H groups in total. The van der Waals surface area contributed by atoms with E-state index in [-0.39, 0.29) is 0 Å². The molecule has 0 aromatic rings. The third kappa shape index (κ3) is 4.52. The van der Waals surface area contributed by atoms with Gasteiger partial charge in [-0.2, -0.15) is 0 Å². The van der Waals surface area contributed by atoms with Gasteiger partial charge in [-0.05, 0) is 19.3 Å².